The van der Waals surface area contributed by atoms with E-state index in [1.165, 1.54) is 38.5 Å². The van der Waals surface area contributed by atoms with Crippen molar-refractivity contribution >= 4 is 5.96 Å². The van der Waals surface area contributed by atoms with Crippen molar-refractivity contribution in [2.45, 2.75) is 77.5 Å². The standard InChI is InChI=1S/C18H33N3O/c1-12(2)6-7-13(3)20-17(19-4)21-15-14-8-11-22-16(14)18(15)9-5-10-18/h12-16H,5-11H2,1-4H3,(H2,19,20,21). The third kappa shape index (κ3) is 2.75. The molecule has 0 radical (unpaired) electrons. The van der Waals surface area contributed by atoms with E-state index in [2.05, 4.69) is 36.4 Å². The second-order valence-corrected chi connectivity index (χ2v) is 8.04. The molecule has 1 heterocycles. The van der Waals surface area contributed by atoms with Gasteiger partial charge in [-0.05, 0) is 44.9 Å². The van der Waals surface area contributed by atoms with Crippen LogP contribution in [0.4, 0.5) is 0 Å². The first kappa shape index (κ1) is 16.1. The van der Waals surface area contributed by atoms with Crippen LogP contribution >= 0.6 is 0 Å². The van der Waals surface area contributed by atoms with Crippen LogP contribution in [0, 0.1) is 17.3 Å². The lowest BCUT2D eigenvalue weighted by Crippen LogP contribution is -2.72. The molecule has 0 bridgehead atoms. The summed E-state index contributed by atoms with van der Waals surface area (Å²) >= 11 is 0. The van der Waals surface area contributed by atoms with Gasteiger partial charge < -0.3 is 15.4 Å². The van der Waals surface area contributed by atoms with Crippen LogP contribution in [0.1, 0.15) is 59.3 Å². The summed E-state index contributed by atoms with van der Waals surface area (Å²) in [5.74, 6) is 2.45. The molecule has 2 aliphatic carbocycles. The van der Waals surface area contributed by atoms with Crippen molar-refractivity contribution < 1.29 is 4.74 Å². The summed E-state index contributed by atoms with van der Waals surface area (Å²) in [6.07, 6.45) is 8.21. The fourth-order valence-electron chi connectivity index (χ4n) is 4.66. The number of nitrogens with zero attached hydrogens (tertiary/aromatic N) is 1. The molecule has 1 spiro atoms. The van der Waals surface area contributed by atoms with Crippen molar-refractivity contribution in [1.82, 2.24) is 10.6 Å². The Bertz CT molecular complexity index is 417. The lowest BCUT2D eigenvalue weighted by molar-refractivity contribution is -0.171. The Kier molecular flexibility index (Phi) is 4.67. The van der Waals surface area contributed by atoms with Crippen molar-refractivity contribution in [2.24, 2.45) is 22.2 Å². The SMILES string of the molecule is CN=C(NC(C)CCC(C)C)NC1C2CCOC2C12CCC2. The monoisotopic (exact) mass is 307 g/mol. The van der Waals surface area contributed by atoms with E-state index in [1.54, 1.807) is 0 Å². The zero-order chi connectivity index (χ0) is 15.7. The number of hydrogen-bond donors (Lipinski definition) is 2. The van der Waals surface area contributed by atoms with Crippen LogP contribution in [-0.4, -0.2) is 37.8 Å². The van der Waals surface area contributed by atoms with E-state index in [4.69, 9.17) is 4.74 Å². The summed E-state index contributed by atoms with van der Waals surface area (Å²) in [6.45, 7) is 7.78. The van der Waals surface area contributed by atoms with Crippen molar-refractivity contribution in [3.8, 4) is 0 Å². The number of aliphatic imine (C=N–C) groups is 1. The normalized spacial score (nSPS) is 34.0. The molecule has 126 valence electrons. The lowest BCUT2D eigenvalue weighted by Gasteiger charge is -2.63. The van der Waals surface area contributed by atoms with Crippen molar-refractivity contribution in [2.75, 3.05) is 13.7 Å². The quantitative estimate of drug-likeness (QED) is 0.606. The Hall–Kier alpha value is -0.770. The van der Waals surface area contributed by atoms with E-state index in [9.17, 15) is 0 Å². The van der Waals surface area contributed by atoms with Crippen molar-refractivity contribution in [3.05, 3.63) is 0 Å². The molecule has 1 aliphatic heterocycles. The minimum atomic E-state index is 0.417. The molecule has 2 saturated carbocycles. The van der Waals surface area contributed by atoms with Gasteiger partial charge in [-0.1, -0.05) is 20.3 Å². The zero-order valence-electron chi connectivity index (χ0n) is 14.7. The van der Waals surface area contributed by atoms with Gasteiger partial charge in [-0.2, -0.15) is 0 Å². The molecule has 0 aromatic rings. The van der Waals surface area contributed by atoms with Crippen molar-refractivity contribution in [1.29, 1.82) is 0 Å². The molecule has 4 unspecified atom stereocenters. The van der Waals surface area contributed by atoms with E-state index < -0.39 is 0 Å². The minimum absolute atomic E-state index is 0.417. The first-order valence-electron chi connectivity index (χ1n) is 9.18. The van der Waals surface area contributed by atoms with E-state index in [1.807, 2.05) is 7.05 Å². The Morgan fingerprint density at radius 2 is 2.05 bits per heavy atom. The molecule has 4 atom stereocenters. The molecular weight excluding hydrogens is 274 g/mol. The molecule has 2 N–H and O–H groups in total. The maximum atomic E-state index is 6.00. The maximum Gasteiger partial charge on any atom is 0.191 e. The van der Waals surface area contributed by atoms with E-state index in [0.717, 1.165) is 18.5 Å². The Morgan fingerprint density at radius 3 is 2.64 bits per heavy atom. The van der Waals surface area contributed by atoms with Gasteiger partial charge in [0, 0.05) is 37.1 Å². The van der Waals surface area contributed by atoms with Crippen LogP contribution in [0.15, 0.2) is 4.99 Å². The topological polar surface area (TPSA) is 45.7 Å². The van der Waals surface area contributed by atoms with Crippen LogP contribution in [0.5, 0.6) is 0 Å². The molecule has 0 aromatic carbocycles. The van der Waals surface area contributed by atoms with Crippen LogP contribution in [-0.2, 0) is 4.74 Å². The van der Waals surface area contributed by atoms with Gasteiger partial charge in [0.15, 0.2) is 5.96 Å². The van der Waals surface area contributed by atoms with Gasteiger partial charge in [0.25, 0.3) is 0 Å². The van der Waals surface area contributed by atoms with Crippen LogP contribution in [0.25, 0.3) is 0 Å². The average Bonchev–Trinajstić information content (AvgIpc) is 2.84. The van der Waals surface area contributed by atoms with Crippen LogP contribution in [0.3, 0.4) is 0 Å². The fourth-order valence-corrected chi connectivity index (χ4v) is 4.66. The maximum absolute atomic E-state index is 6.00. The molecule has 0 aromatic heterocycles. The summed E-state index contributed by atoms with van der Waals surface area (Å²) in [5, 5.41) is 7.33. The highest BCUT2D eigenvalue weighted by Crippen LogP contribution is 2.62. The Labute approximate surface area is 135 Å². The number of ether oxygens (including phenoxy) is 1. The highest BCUT2D eigenvalue weighted by molar-refractivity contribution is 5.80. The number of hydrogen-bond acceptors (Lipinski definition) is 2. The smallest absolute Gasteiger partial charge is 0.191 e. The van der Waals surface area contributed by atoms with Gasteiger partial charge >= 0.3 is 0 Å². The summed E-state index contributed by atoms with van der Waals surface area (Å²) in [6, 6.07) is 1.04. The van der Waals surface area contributed by atoms with Crippen LogP contribution < -0.4 is 10.6 Å². The molecule has 4 nitrogen and oxygen atoms in total. The molecular formula is C18H33N3O. The number of fused-ring (bicyclic) bond motifs is 2. The molecule has 3 aliphatic rings. The summed E-state index contributed by atoms with van der Waals surface area (Å²) in [4.78, 5) is 4.47. The molecule has 3 fully saturated rings. The van der Waals surface area contributed by atoms with Gasteiger partial charge in [-0.3, -0.25) is 4.99 Å². The highest BCUT2D eigenvalue weighted by atomic mass is 16.5. The fraction of sp³-hybridized carbons (Fsp3) is 0.944. The zero-order valence-corrected chi connectivity index (χ0v) is 14.7. The van der Waals surface area contributed by atoms with E-state index in [0.29, 0.717) is 29.5 Å². The van der Waals surface area contributed by atoms with Gasteiger partial charge in [0.05, 0.1) is 6.10 Å². The summed E-state index contributed by atoms with van der Waals surface area (Å²) in [5.41, 5.74) is 0.417. The second kappa shape index (κ2) is 6.38. The first-order chi connectivity index (χ1) is 10.6. The highest BCUT2D eigenvalue weighted by Gasteiger charge is 2.66. The third-order valence-electron chi connectivity index (χ3n) is 6.11. The molecule has 22 heavy (non-hydrogen) atoms. The number of rotatable bonds is 5. The largest absolute Gasteiger partial charge is 0.377 e. The Morgan fingerprint density at radius 1 is 1.27 bits per heavy atom. The summed E-state index contributed by atoms with van der Waals surface area (Å²) < 4.78 is 6.00. The molecule has 0 amide bonds. The molecule has 4 heteroatoms. The average molecular weight is 307 g/mol. The van der Waals surface area contributed by atoms with E-state index in [-0.39, 0.29) is 0 Å². The molecule has 3 rings (SSSR count). The van der Waals surface area contributed by atoms with Gasteiger partial charge in [0.1, 0.15) is 0 Å². The first-order valence-corrected chi connectivity index (χ1v) is 9.18. The molecule has 1 saturated heterocycles. The lowest BCUT2D eigenvalue weighted by atomic mass is 9.46. The van der Waals surface area contributed by atoms with Gasteiger partial charge in [0.2, 0.25) is 0 Å². The Balaban J connectivity index is 1.54. The van der Waals surface area contributed by atoms with Crippen molar-refractivity contribution in [3.63, 3.8) is 0 Å². The number of guanidine groups is 1. The summed E-state index contributed by atoms with van der Waals surface area (Å²) in [7, 11) is 1.89. The predicted octanol–water partition coefficient (Wildman–Crippen LogP) is 2.93. The minimum Gasteiger partial charge on any atom is -0.377 e. The second-order valence-electron chi connectivity index (χ2n) is 8.04. The van der Waals surface area contributed by atoms with Gasteiger partial charge in [-0.15, -0.1) is 0 Å². The predicted molar refractivity (Wildman–Crippen MR) is 91.1 cm³/mol. The van der Waals surface area contributed by atoms with Gasteiger partial charge in [-0.25, -0.2) is 0 Å². The number of nitrogens with one attached hydrogen (secondary N) is 2. The van der Waals surface area contributed by atoms with E-state index >= 15 is 0 Å². The third-order valence-corrected chi connectivity index (χ3v) is 6.11. The van der Waals surface area contributed by atoms with Crippen LogP contribution in [0.2, 0.25) is 0 Å².